The minimum Gasteiger partial charge on any atom is -0.454 e. The SMILES string of the molecule is CC(=O)NC(CC(=O)NC(C)c1ccc2c(c1)OCO2)c1ccc(C)cc1. The van der Waals surface area contributed by atoms with Crippen LogP contribution in [0.1, 0.15) is 49.0 Å². The van der Waals surface area contributed by atoms with Gasteiger partial charge in [-0.2, -0.15) is 0 Å². The number of rotatable bonds is 6. The van der Waals surface area contributed by atoms with Gasteiger partial charge in [0, 0.05) is 6.92 Å². The summed E-state index contributed by atoms with van der Waals surface area (Å²) in [4.78, 5) is 24.1. The Labute approximate surface area is 158 Å². The zero-order valence-corrected chi connectivity index (χ0v) is 15.7. The molecule has 6 nitrogen and oxygen atoms in total. The number of carbonyl (C=O) groups excluding carboxylic acids is 2. The van der Waals surface area contributed by atoms with Gasteiger partial charge in [-0.1, -0.05) is 35.9 Å². The van der Waals surface area contributed by atoms with E-state index in [0.717, 1.165) is 16.7 Å². The van der Waals surface area contributed by atoms with Crippen LogP contribution in [0.2, 0.25) is 0 Å². The fourth-order valence-electron chi connectivity index (χ4n) is 3.05. The van der Waals surface area contributed by atoms with Gasteiger partial charge >= 0.3 is 0 Å². The number of hydrogen-bond donors (Lipinski definition) is 2. The smallest absolute Gasteiger partial charge is 0.231 e. The normalized spacial score (nSPS) is 14.3. The van der Waals surface area contributed by atoms with E-state index in [-0.39, 0.29) is 37.1 Å². The van der Waals surface area contributed by atoms with Crippen molar-refractivity contribution in [2.75, 3.05) is 6.79 Å². The van der Waals surface area contributed by atoms with Crippen LogP contribution in [-0.4, -0.2) is 18.6 Å². The third-order valence-corrected chi connectivity index (χ3v) is 4.52. The van der Waals surface area contributed by atoms with Crippen molar-refractivity contribution in [3.63, 3.8) is 0 Å². The van der Waals surface area contributed by atoms with E-state index in [1.165, 1.54) is 6.92 Å². The topological polar surface area (TPSA) is 76.7 Å². The molecule has 2 atom stereocenters. The Hall–Kier alpha value is -3.02. The molecule has 0 aromatic heterocycles. The number of aryl methyl sites for hydroxylation is 1. The molecular weight excluding hydrogens is 344 g/mol. The first-order valence-electron chi connectivity index (χ1n) is 8.95. The van der Waals surface area contributed by atoms with Gasteiger partial charge in [-0.15, -0.1) is 0 Å². The molecule has 0 saturated heterocycles. The quantitative estimate of drug-likeness (QED) is 0.821. The maximum absolute atomic E-state index is 12.6. The second-order valence-corrected chi connectivity index (χ2v) is 6.77. The first-order valence-corrected chi connectivity index (χ1v) is 8.95. The summed E-state index contributed by atoms with van der Waals surface area (Å²) < 4.78 is 10.7. The summed E-state index contributed by atoms with van der Waals surface area (Å²) in [6, 6.07) is 12.9. The molecule has 0 aliphatic carbocycles. The number of amides is 2. The fraction of sp³-hybridized carbons (Fsp3) is 0.333. The van der Waals surface area contributed by atoms with E-state index in [9.17, 15) is 9.59 Å². The van der Waals surface area contributed by atoms with Crippen molar-refractivity contribution in [1.29, 1.82) is 0 Å². The van der Waals surface area contributed by atoms with E-state index in [2.05, 4.69) is 10.6 Å². The Morgan fingerprint density at radius 1 is 1.00 bits per heavy atom. The van der Waals surface area contributed by atoms with Crippen molar-refractivity contribution in [2.45, 2.75) is 39.3 Å². The van der Waals surface area contributed by atoms with Gasteiger partial charge in [-0.25, -0.2) is 0 Å². The monoisotopic (exact) mass is 368 g/mol. The Morgan fingerprint density at radius 3 is 2.37 bits per heavy atom. The van der Waals surface area contributed by atoms with Crippen LogP contribution in [0.4, 0.5) is 0 Å². The molecule has 3 rings (SSSR count). The van der Waals surface area contributed by atoms with E-state index in [1.807, 2.05) is 56.3 Å². The number of nitrogens with one attached hydrogen (secondary N) is 2. The molecule has 1 heterocycles. The largest absolute Gasteiger partial charge is 0.454 e. The minimum absolute atomic E-state index is 0.139. The molecule has 0 bridgehead atoms. The second kappa shape index (κ2) is 8.12. The van der Waals surface area contributed by atoms with E-state index in [4.69, 9.17) is 9.47 Å². The lowest BCUT2D eigenvalue weighted by Crippen LogP contribution is -2.33. The average Bonchev–Trinajstić information content (AvgIpc) is 3.09. The van der Waals surface area contributed by atoms with Crippen LogP contribution in [0.15, 0.2) is 42.5 Å². The van der Waals surface area contributed by atoms with Gasteiger partial charge < -0.3 is 20.1 Å². The summed E-state index contributed by atoms with van der Waals surface area (Å²) in [5, 5.41) is 5.84. The third kappa shape index (κ3) is 4.78. The molecule has 1 aliphatic heterocycles. The number of carbonyl (C=O) groups is 2. The molecule has 0 radical (unpaired) electrons. The predicted octanol–water partition coefficient (Wildman–Crippen LogP) is 3.17. The first kappa shape index (κ1) is 18.8. The molecule has 142 valence electrons. The number of benzene rings is 2. The number of ether oxygens (including phenoxy) is 2. The minimum atomic E-state index is -0.368. The Kier molecular flexibility index (Phi) is 5.64. The van der Waals surface area contributed by atoms with Crippen molar-refractivity contribution in [3.05, 3.63) is 59.2 Å². The molecular formula is C21H24N2O4. The summed E-state index contributed by atoms with van der Waals surface area (Å²) in [5.41, 5.74) is 2.96. The molecule has 2 N–H and O–H groups in total. The van der Waals surface area contributed by atoms with E-state index in [0.29, 0.717) is 11.5 Å². The van der Waals surface area contributed by atoms with Crippen LogP contribution in [0, 0.1) is 6.92 Å². The molecule has 2 aromatic carbocycles. The third-order valence-electron chi connectivity index (χ3n) is 4.52. The molecule has 2 aromatic rings. The lowest BCUT2D eigenvalue weighted by Gasteiger charge is -2.20. The zero-order valence-electron chi connectivity index (χ0n) is 15.7. The van der Waals surface area contributed by atoms with Gasteiger partial charge in [0.15, 0.2) is 11.5 Å². The van der Waals surface area contributed by atoms with Crippen molar-refractivity contribution in [2.24, 2.45) is 0 Å². The highest BCUT2D eigenvalue weighted by molar-refractivity contribution is 5.79. The lowest BCUT2D eigenvalue weighted by atomic mass is 10.0. The van der Waals surface area contributed by atoms with Gasteiger partial charge in [0.1, 0.15) is 0 Å². The Morgan fingerprint density at radius 2 is 1.67 bits per heavy atom. The lowest BCUT2D eigenvalue weighted by molar-refractivity contribution is -0.123. The predicted molar refractivity (Wildman–Crippen MR) is 101 cm³/mol. The maximum Gasteiger partial charge on any atom is 0.231 e. The van der Waals surface area contributed by atoms with Gasteiger partial charge in [-0.05, 0) is 37.1 Å². The Balaban J connectivity index is 1.66. The second-order valence-electron chi connectivity index (χ2n) is 6.77. The van der Waals surface area contributed by atoms with Gasteiger partial charge in [0.25, 0.3) is 0 Å². The van der Waals surface area contributed by atoms with Gasteiger partial charge in [0.2, 0.25) is 18.6 Å². The maximum atomic E-state index is 12.6. The first-order chi connectivity index (χ1) is 12.9. The summed E-state index contributed by atoms with van der Waals surface area (Å²) >= 11 is 0. The number of hydrogen-bond acceptors (Lipinski definition) is 4. The van der Waals surface area contributed by atoms with Crippen LogP contribution in [0.5, 0.6) is 11.5 Å². The van der Waals surface area contributed by atoms with Gasteiger partial charge in [0.05, 0.1) is 18.5 Å². The molecule has 0 saturated carbocycles. The van der Waals surface area contributed by atoms with Crippen LogP contribution in [0.3, 0.4) is 0 Å². The van der Waals surface area contributed by atoms with Crippen molar-refractivity contribution >= 4 is 11.8 Å². The summed E-state index contributed by atoms with van der Waals surface area (Å²) in [5.74, 6) is 1.09. The Bertz CT molecular complexity index is 833. The van der Waals surface area contributed by atoms with E-state index >= 15 is 0 Å². The summed E-state index contributed by atoms with van der Waals surface area (Å²) in [6.45, 7) is 5.58. The van der Waals surface area contributed by atoms with Crippen LogP contribution >= 0.6 is 0 Å². The van der Waals surface area contributed by atoms with Crippen LogP contribution in [-0.2, 0) is 9.59 Å². The zero-order chi connectivity index (χ0) is 19.4. The van der Waals surface area contributed by atoms with Crippen LogP contribution in [0.25, 0.3) is 0 Å². The summed E-state index contributed by atoms with van der Waals surface area (Å²) in [6.07, 6.45) is 0.164. The summed E-state index contributed by atoms with van der Waals surface area (Å²) in [7, 11) is 0. The highest BCUT2D eigenvalue weighted by atomic mass is 16.7. The van der Waals surface area contributed by atoms with Crippen LogP contribution < -0.4 is 20.1 Å². The standard InChI is InChI=1S/C21H24N2O4/c1-13-4-6-16(7-5-13)18(23-15(3)24)11-21(25)22-14(2)17-8-9-19-20(10-17)27-12-26-19/h4-10,14,18H,11-12H2,1-3H3,(H,22,25)(H,23,24). The van der Waals surface area contributed by atoms with Crippen molar-refractivity contribution in [1.82, 2.24) is 10.6 Å². The molecule has 2 amide bonds. The molecule has 0 fully saturated rings. The molecule has 27 heavy (non-hydrogen) atoms. The highest BCUT2D eigenvalue weighted by Crippen LogP contribution is 2.34. The van der Waals surface area contributed by atoms with Crippen molar-refractivity contribution in [3.8, 4) is 11.5 Å². The van der Waals surface area contributed by atoms with Crippen molar-refractivity contribution < 1.29 is 19.1 Å². The van der Waals surface area contributed by atoms with E-state index in [1.54, 1.807) is 0 Å². The molecule has 2 unspecified atom stereocenters. The molecule has 1 aliphatic rings. The molecule has 0 spiro atoms. The molecule has 6 heteroatoms. The van der Waals surface area contributed by atoms with Gasteiger partial charge in [-0.3, -0.25) is 9.59 Å². The number of fused-ring (bicyclic) bond motifs is 1. The highest BCUT2D eigenvalue weighted by Gasteiger charge is 2.20. The fourth-order valence-corrected chi connectivity index (χ4v) is 3.05. The average molecular weight is 368 g/mol. The van der Waals surface area contributed by atoms with E-state index < -0.39 is 0 Å².